The lowest BCUT2D eigenvalue weighted by Gasteiger charge is -2.36. The van der Waals surface area contributed by atoms with E-state index >= 15 is 0 Å². The molecule has 6 heteroatoms. The maximum absolute atomic E-state index is 13.4. The van der Waals surface area contributed by atoms with Gasteiger partial charge in [-0.05, 0) is 74.3 Å². The molecule has 3 rings (SSSR count). The molecule has 1 fully saturated rings. The SMILES string of the molecule is CCN(CC)CCCOc1ccc(NC(=O)C2(c3ccc(Cl)cc3)CCOCC2)cc1. The van der Waals surface area contributed by atoms with Crippen LogP contribution in [0.5, 0.6) is 5.75 Å². The van der Waals surface area contributed by atoms with Gasteiger partial charge in [-0.25, -0.2) is 0 Å². The number of benzene rings is 2. The monoisotopic (exact) mass is 444 g/mol. The minimum atomic E-state index is -0.609. The standard InChI is InChI=1S/C25H33ClN2O3/c1-3-28(4-2)16-5-17-31-23-12-10-22(11-13-23)27-24(29)25(14-18-30-19-15-25)20-6-8-21(26)9-7-20/h6-13H,3-5,14-19H2,1-2H3,(H,27,29). The molecular weight excluding hydrogens is 412 g/mol. The molecule has 0 aliphatic carbocycles. The second-order valence-electron chi connectivity index (χ2n) is 7.91. The molecule has 0 unspecified atom stereocenters. The Kier molecular flexibility index (Phi) is 8.76. The molecule has 1 amide bonds. The third-order valence-corrected chi connectivity index (χ3v) is 6.32. The van der Waals surface area contributed by atoms with Gasteiger partial charge >= 0.3 is 0 Å². The fourth-order valence-corrected chi connectivity index (χ4v) is 4.16. The Morgan fingerprint density at radius 2 is 1.71 bits per heavy atom. The molecule has 0 spiro atoms. The molecule has 1 heterocycles. The van der Waals surface area contributed by atoms with Gasteiger partial charge in [-0.1, -0.05) is 37.6 Å². The molecule has 1 aliphatic heterocycles. The fraction of sp³-hybridized carbons (Fsp3) is 0.480. The number of nitrogens with zero attached hydrogens (tertiary/aromatic N) is 1. The zero-order chi connectivity index (χ0) is 22.1. The smallest absolute Gasteiger partial charge is 0.235 e. The number of carbonyl (C=O) groups excluding carboxylic acids is 1. The molecule has 5 nitrogen and oxygen atoms in total. The van der Waals surface area contributed by atoms with Gasteiger partial charge < -0.3 is 19.7 Å². The van der Waals surface area contributed by atoms with Crippen LogP contribution in [0.1, 0.15) is 38.7 Å². The van der Waals surface area contributed by atoms with E-state index < -0.39 is 5.41 Å². The summed E-state index contributed by atoms with van der Waals surface area (Å²) in [6.07, 6.45) is 2.29. The first kappa shape index (κ1) is 23.6. The summed E-state index contributed by atoms with van der Waals surface area (Å²) in [5, 5.41) is 3.77. The molecule has 0 saturated carbocycles. The molecule has 1 saturated heterocycles. The Morgan fingerprint density at radius 3 is 2.32 bits per heavy atom. The summed E-state index contributed by atoms with van der Waals surface area (Å²) in [5.41, 5.74) is 1.13. The number of hydrogen-bond donors (Lipinski definition) is 1. The predicted molar refractivity (Wildman–Crippen MR) is 126 cm³/mol. The van der Waals surface area contributed by atoms with E-state index in [1.165, 1.54) is 0 Å². The normalized spacial score (nSPS) is 15.6. The third kappa shape index (κ3) is 6.22. The maximum atomic E-state index is 13.4. The molecule has 2 aromatic carbocycles. The van der Waals surface area contributed by atoms with Gasteiger partial charge in [0.1, 0.15) is 5.75 Å². The van der Waals surface area contributed by atoms with E-state index in [2.05, 4.69) is 24.1 Å². The maximum Gasteiger partial charge on any atom is 0.235 e. The van der Waals surface area contributed by atoms with Crippen LogP contribution in [0.2, 0.25) is 5.02 Å². The van der Waals surface area contributed by atoms with E-state index in [9.17, 15) is 4.79 Å². The van der Waals surface area contributed by atoms with Gasteiger partial charge in [-0.3, -0.25) is 4.79 Å². The first-order valence-electron chi connectivity index (χ1n) is 11.2. The van der Waals surface area contributed by atoms with Crippen molar-refractivity contribution in [1.82, 2.24) is 4.90 Å². The van der Waals surface area contributed by atoms with E-state index in [1.54, 1.807) is 0 Å². The van der Waals surface area contributed by atoms with Gasteiger partial charge in [-0.15, -0.1) is 0 Å². The van der Waals surface area contributed by atoms with Gasteiger partial charge in [0.05, 0.1) is 12.0 Å². The molecule has 2 aromatic rings. The highest BCUT2D eigenvalue weighted by Crippen LogP contribution is 2.36. The Hall–Kier alpha value is -2.08. The molecule has 0 bridgehead atoms. The lowest BCUT2D eigenvalue weighted by molar-refractivity contribution is -0.125. The number of carbonyl (C=O) groups is 1. The Labute approximate surface area is 190 Å². The molecule has 0 aromatic heterocycles. The lowest BCUT2D eigenvalue weighted by Crippen LogP contribution is -2.44. The number of halogens is 1. The van der Waals surface area contributed by atoms with Crippen molar-refractivity contribution in [2.45, 2.75) is 38.5 Å². The van der Waals surface area contributed by atoms with E-state index in [1.807, 2.05) is 48.5 Å². The summed E-state index contributed by atoms with van der Waals surface area (Å²) in [6, 6.07) is 15.2. The fourth-order valence-electron chi connectivity index (χ4n) is 4.04. The Morgan fingerprint density at radius 1 is 1.06 bits per heavy atom. The number of anilines is 1. The predicted octanol–water partition coefficient (Wildman–Crippen LogP) is 5.14. The van der Waals surface area contributed by atoms with E-state index in [0.29, 0.717) is 37.7 Å². The molecule has 1 aliphatic rings. The zero-order valence-electron chi connectivity index (χ0n) is 18.5. The highest BCUT2D eigenvalue weighted by molar-refractivity contribution is 6.30. The quantitative estimate of drug-likeness (QED) is 0.515. The summed E-state index contributed by atoms with van der Waals surface area (Å²) in [6.45, 7) is 9.33. The summed E-state index contributed by atoms with van der Waals surface area (Å²) < 4.78 is 11.4. The van der Waals surface area contributed by atoms with Gasteiger partial charge in [0.2, 0.25) is 5.91 Å². The topological polar surface area (TPSA) is 50.8 Å². The van der Waals surface area contributed by atoms with Gasteiger partial charge in [-0.2, -0.15) is 0 Å². The van der Waals surface area contributed by atoms with Crippen LogP contribution < -0.4 is 10.1 Å². The van der Waals surface area contributed by atoms with Crippen molar-refractivity contribution in [2.75, 3.05) is 44.8 Å². The minimum absolute atomic E-state index is 0.00832. The highest BCUT2D eigenvalue weighted by Gasteiger charge is 2.41. The Bertz CT molecular complexity index is 814. The van der Waals surface area contributed by atoms with Crippen LogP contribution in [-0.4, -0.2) is 50.3 Å². The molecule has 1 N–H and O–H groups in total. The summed E-state index contributed by atoms with van der Waals surface area (Å²) >= 11 is 6.06. The van der Waals surface area contributed by atoms with Crippen LogP contribution in [0.3, 0.4) is 0 Å². The van der Waals surface area contributed by atoms with Crippen LogP contribution in [0.15, 0.2) is 48.5 Å². The number of amides is 1. The molecule has 31 heavy (non-hydrogen) atoms. The van der Waals surface area contributed by atoms with Crippen LogP contribution in [-0.2, 0) is 14.9 Å². The molecule has 168 valence electrons. The molecule has 0 radical (unpaired) electrons. The van der Waals surface area contributed by atoms with Crippen LogP contribution in [0, 0.1) is 0 Å². The first-order valence-corrected chi connectivity index (χ1v) is 11.6. The number of ether oxygens (including phenoxy) is 2. The van der Waals surface area contributed by atoms with Crippen molar-refractivity contribution < 1.29 is 14.3 Å². The first-order chi connectivity index (χ1) is 15.1. The van der Waals surface area contributed by atoms with E-state index in [-0.39, 0.29) is 5.91 Å². The number of nitrogens with one attached hydrogen (secondary N) is 1. The van der Waals surface area contributed by atoms with Crippen molar-refractivity contribution in [1.29, 1.82) is 0 Å². The second-order valence-corrected chi connectivity index (χ2v) is 8.35. The van der Waals surface area contributed by atoms with Gasteiger partial charge in [0, 0.05) is 30.5 Å². The van der Waals surface area contributed by atoms with Crippen molar-refractivity contribution in [2.24, 2.45) is 0 Å². The minimum Gasteiger partial charge on any atom is -0.494 e. The highest BCUT2D eigenvalue weighted by atomic mass is 35.5. The average Bonchev–Trinajstić information content (AvgIpc) is 2.81. The second kappa shape index (κ2) is 11.5. The summed E-state index contributed by atoms with van der Waals surface area (Å²) in [7, 11) is 0. The van der Waals surface area contributed by atoms with Gasteiger partial charge in [0.15, 0.2) is 0 Å². The average molecular weight is 445 g/mol. The summed E-state index contributed by atoms with van der Waals surface area (Å²) in [5.74, 6) is 0.807. The molecular formula is C25H33ClN2O3. The number of hydrogen-bond acceptors (Lipinski definition) is 4. The Balaban J connectivity index is 1.60. The van der Waals surface area contributed by atoms with Crippen molar-refractivity contribution in [3.8, 4) is 5.75 Å². The van der Waals surface area contributed by atoms with Crippen LogP contribution in [0.25, 0.3) is 0 Å². The van der Waals surface area contributed by atoms with Crippen molar-refractivity contribution >= 4 is 23.2 Å². The third-order valence-electron chi connectivity index (χ3n) is 6.07. The zero-order valence-corrected chi connectivity index (χ0v) is 19.3. The van der Waals surface area contributed by atoms with Crippen molar-refractivity contribution in [3.05, 3.63) is 59.1 Å². The summed E-state index contributed by atoms with van der Waals surface area (Å²) in [4.78, 5) is 15.7. The lowest BCUT2D eigenvalue weighted by atomic mass is 9.73. The van der Waals surface area contributed by atoms with Gasteiger partial charge in [0.25, 0.3) is 0 Å². The van der Waals surface area contributed by atoms with Crippen LogP contribution in [0.4, 0.5) is 5.69 Å². The number of rotatable bonds is 10. The van der Waals surface area contributed by atoms with E-state index in [4.69, 9.17) is 21.1 Å². The van der Waals surface area contributed by atoms with E-state index in [0.717, 1.165) is 43.1 Å². The van der Waals surface area contributed by atoms with Crippen molar-refractivity contribution in [3.63, 3.8) is 0 Å². The largest absolute Gasteiger partial charge is 0.494 e. The van der Waals surface area contributed by atoms with Crippen LogP contribution >= 0.6 is 11.6 Å². The molecule has 0 atom stereocenters.